The fourth-order valence-corrected chi connectivity index (χ4v) is 2.70. The van der Waals surface area contributed by atoms with Crippen LogP contribution in [0.2, 0.25) is 0 Å². The molecule has 1 aliphatic heterocycles. The molecule has 1 unspecified atom stereocenters. The van der Waals surface area contributed by atoms with Crippen molar-refractivity contribution in [1.29, 1.82) is 0 Å². The molecule has 1 saturated heterocycles. The van der Waals surface area contributed by atoms with Crippen LogP contribution >= 0.6 is 0 Å². The molecule has 1 aromatic heterocycles. The molecule has 0 radical (unpaired) electrons. The first kappa shape index (κ1) is 13.6. The Morgan fingerprint density at radius 2 is 2.33 bits per heavy atom. The van der Waals surface area contributed by atoms with E-state index < -0.39 is 0 Å². The molecule has 0 amide bonds. The van der Waals surface area contributed by atoms with Crippen LogP contribution in [0.1, 0.15) is 32.4 Å². The Labute approximate surface area is 110 Å². The Bertz CT molecular complexity index is 358. The van der Waals surface area contributed by atoms with Gasteiger partial charge in [-0.1, -0.05) is 13.8 Å². The predicted octanol–water partition coefficient (Wildman–Crippen LogP) is 1.42. The smallest absolute Gasteiger partial charge is 0.0492 e. The first-order valence-corrected chi connectivity index (χ1v) is 7.11. The average molecular weight is 250 g/mol. The van der Waals surface area contributed by atoms with Crippen LogP contribution < -0.4 is 5.32 Å². The van der Waals surface area contributed by atoms with E-state index in [4.69, 9.17) is 0 Å². The maximum Gasteiger partial charge on any atom is 0.0492 e. The van der Waals surface area contributed by atoms with Crippen molar-refractivity contribution in [3.8, 4) is 0 Å². The first-order chi connectivity index (χ1) is 8.66. The van der Waals surface area contributed by atoms with Crippen molar-refractivity contribution in [3.05, 3.63) is 18.0 Å². The van der Waals surface area contributed by atoms with Gasteiger partial charge in [-0.15, -0.1) is 0 Å². The molecule has 2 rings (SSSR count). The zero-order chi connectivity index (χ0) is 13.0. The third-order valence-electron chi connectivity index (χ3n) is 3.84. The summed E-state index contributed by atoms with van der Waals surface area (Å²) >= 11 is 0. The predicted molar refractivity (Wildman–Crippen MR) is 74.6 cm³/mol. The standard InChI is InChI=1S/C14H26N4/c1-12(2)15-11-14-5-4-9-18(14)10-7-13-6-8-16-17(13)3/h6,8,12,14-15H,4-5,7,9-11H2,1-3H3. The summed E-state index contributed by atoms with van der Waals surface area (Å²) in [6, 6.07) is 3.43. The molecule has 2 heterocycles. The van der Waals surface area contributed by atoms with Gasteiger partial charge in [-0.2, -0.15) is 5.10 Å². The van der Waals surface area contributed by atoms with Crippen molar-refractivity contribution in [3.63, 3.8) is 0 Å². The minimum atomic E-state index is 0.588. The summed E-state index contributed by atoms with van der Waals surface area (Å²) in [5.74, 6) is 0. The summed E-state index contributed by atoms with van der Waals surface area (Å²) in [7, 11) is 2.02. The van der Waals surface area contributed by atoms with E-state index in [0.29, 0.717) is 6.04 Å². The van der Waals surface area contributed by atoms with Gasteiger partial charge in [0.25, 0.3) is 0 Å². The molecule has 4 heteroatoms. The fourth-order valence-electron chi connectivity index (χ4n) is 2.70. The number of rotatable bonds is 6. The van der Waals surface area contributed by atoms with Gasteiger partial charge in [-0.25, -0.2) is 0 Å². The van der Waals surface area contributed by atoms with Gasteiger partial charge in [0.15, 0.2) is 0 Å². The van der Waals surface area contributed by atoms with E-state index in [1.54, 1.807) is 0 Å². The van der Waals surface area contributed by atoms with Gasteiger partial charge in [-0.3, -0.25) is 9.58 Å². The maximum absolute atomic E-state index is 4.23. The highest BCUT2D eigenvalue weighted by molar-refractivity contribution is 5.01. The first-order valence-electron chi connectivity index (χ1n) is 7.11. The minimum absolute atomic E-state index is 0.588. The number of aromatic nitrogens is 2. The van der Waals surface area contributed by atoms with Crippen LogP contribution in [0.25, 0.3) is 0 Å². The molecule has 1 atom stereocenters. The lowest BCUT2D eigenvalue weighted by molar-refractivity contribution is 0.245. The molecule has 0 aliphatic carbocycles. The lowest BCUT2D eigenvalue weighted by Crippen LogP contribution is -2.41. The van der Waals surface area contributed by atoms with Gasteiger partial charge < -0.3 is 5.32 Å². The summed E-state index contributed by atoms with van der Waals surface area (Å²) < 4.78 is 1.98. The minimum Gasteiger partial charge on any atom is -0.313 e. The van der Waals surface area contributed by atoms with E-state index in [2.05, 4.69) is 35.2 Å². The second-order valence-electron chi connectivity index (χ2n) is 5.59. The fraction of sp³-hybridized carbons (Fsp3) is 0.786. The molecule has 0 bridgehead atoms. The quantitative estimate of drug-likeness (QED) is 0.829. The van der Waals surface area contributed by atoms with Gasteiger partial charge >= 0.3 is 0 Å². The third kappa shape index (κ3) is 3.56. The molecule has 1 N–H and O–H groups in total. The zero-order valence-corrected chi connectivity index (χ0v) is 11.9. The number of likely N-dealkylation sites (tertiary alicyclic amines) is 1. The van der Waals surface area contributed by atoms with Crippen molar-refractivity contribution in [2.24, 2.45) is 7.05 Å². The Balaban J connectivity index is 1.79. The van der Waals surface area contributed by atoms with E-state index in [1.165, 1.54) is 25.1 Å². The summed E-state index contributed by atoms with van der Waals surface area (Å²) in [5.41, 5.74) is 1.33. The van der Waals surface area contributed by atoms with Crippen LogP contribution in [0.5, 0.6) is 0 Å². The van der Waals surface area contributed by atoms with E-state index in [9.17, 15) is 0 Å². The normalized spacial score (nSPS) is 21.0. The van der Waals surface area contributed by atoms with Crippen LogP contribution in [0.4, 0.5) is 0 Å². The number of nitrogens with zero attached hydrogens (tertiary/aromatic N) is 3. The van der Waals surface area contributed by atoms with Crippen LogP contribution in [0.15, 0.2) is 12.3 Å². The molecule has 1 aromatic rings. The lowest BCUT2D eigenvalue weighted by Gasteiger charge is -2.25. The molecule has 102 valence electrons. The van der Waals surface area contributed by atoms with Crippen LogP contribution in [-0.4, -0.2) is 46.4 Å². The molecule has 0 spiro atoms. The van der Waals surface area contributed by atoms with Crippen molar-refractivity contribution in [2.75, 3.05) is 19.6 Å². The zero-order valence-electron chi connectivity index (χ0n) is 11.9. The molecular formula is C14H26N4. The Morgan fingerprint density at radius 3 is 3.00 bits per heavy atom. The van der Waals surface area contributed by atoms with E-state index in [0.717, 1.165) is 25.6 Å². The summed E-state index contributed by atoms with van der Waals surface area (Å²) in [4.78, 5) is 2.63. The molecule has 1 fully saturated rings. The van der Waals surface area contributed by atoms with Gasteiger partial charge in [0.2, 0.25) is 0 Å². The molecule has 4 nitrogen and oxygen atoms in total. The summed E-state index contributed by atoms with van der Waals surface area (Å²) in [6.45, 7) is 7.97. The number of hydrogen-bond donors (Lipinski definition) is 1. The second kappa shape index (κ2) is 6.34. The number of nitrogens with one attached hydrogen (secondary N) is 1. The Kier molecular flexibility index (Phi) is 4.78. The monoisotopic (exact) mass is 250 g/mol. The highest BCUT2D eigenvalue weighted by atomic mass is 15.3. The van der Waals surface area contributed by atoms with Gasteiger partial charge in [0.05, 0.1) is 0 Å². The van der Waals surface area contributed by atoms with Gasteiger partial charge in [0.1, 0.15) is 0 Å². The molecular weight excluding hydrogens is 224 g/mol. The van der Waals surface area contributed by atoms with Crippen LogP contribution in [0, 0.1) is 0 Å². The largest absolute Gasteiger partial charge is 0.313 e. The molecule has 0 aromatic carbocycles. The van der Waals surface area contributed by atoms with Gasteiger partial charge in [-0.05, 0) is 25.5 Å². The van der Waals surface area contributed by atoms with Crippen LogP contribution in [0.3, 0.4) is 0 Å². The SMILES string of the molecule is CC(C)NCC1CCCN1CCc1ccnn1C. The highest BCUT2D eigenvalue weighted by Crippen LogP contribution is 2.17. The Morgan fingerprint density at radius 1 is 1.50 bits per heavy atom. The van der Waals surface area contributed by atoms with Crippen molar-refractivity contribution < 1.29 is 0 Å². The summed E-state index contributed by atoms with van der Waals surface area (Å²) in [6.07, 6.45) is 5.67. The third-order valence-corrected chi connectivity index (χ3v) is 3.84. The number of hydrogen-bond acceptors (Lipinski definition) is 3. The summed E-state index contributed by atoms with van der Waals surface area (Å²) in [5, 5.41) is 7.79. The lowest BCUT2D eigenvalue weighted by atomic mass is 10.2. The topological polar surface area (TPSA) is 33.1 Å². The molecule has 18 heavy (non-hydrogen) atoms. The van der Waals surface area contributed by atoms with Gasteiger partial charge in [0, 0.05) is 50.5 Å². The second-order valence-corrected chi connectivity index (χ2v) is 5.59. The van der Waals surface area contributed by atoms with E-state index in [1.807, 2.05) is 17.9 Å². The van der Waals surface area contributed by atoms with Crippen LogP contribution in [-0.2, 0) is 13.5 Å². The number of aryl methyl sites for hydroxylation is 1. The average Bonchev–Trinajstić information content (AvgIpc) is 2.92. The highest BCUT2D eigenvalue weighted by Gasteiger charge is 2.23. The Hall–Kier alpha value is -0.870. The van der Waals surface area contributed by atoms with E-state index >= 15 is 0 Å². The van der Waals surface area contributed by atoms with Crippen molar-refractivity contribution in [2.45, 2.75) is 45.2 Å². The molecule has 0 saturated carbocycles. The van der Waals surface area contributed by atoms with Crippen molar-refractivity contribution in [1.82, 2.24) is 20.0 Å². The maximum atomic E-state index is 4.23. The molecule has 1 aliphatic rings. The van der Waals surface area contributed by atoms with Crippen molar-refractivity contribution >= 4 is 0 Å². The van der Waals surface area contributed by atoms with E-state index in [-0.39, 0.29) is 0 Å².